The lowest BCUT2D eigenvalue weighted by Gasteiger charge is -2.22. The molecule has 0 spiro atoms. The van der Waals surface area contributed by atoms with Gasteiger partial charge in [-0.05, 0) is 56.2 Å². The highest BCUT2D eigenvalue weighted by atomic mass is 16.5. The fourth-order valence-electron chi connectivity index (χ4n) is 2.92. The summed E-state index contributed by atoms with van der Waals surface area (Å²) in [5.74, 6) is 1.32. The van der Waals surface area contributed by atoms with Crippen molar-refractivity contribution in [1.29, 1.82) is 5.26 Å². The van der Waals surface area contributed by atoms with Crippen LogP contribution >= 0.6 is 0 Å². The summed E-state index contributed by atoms with van der Waals surface area (Å²) in [4.78, 5) is 14.2. The number of nitrogens with one attached hydrogen (secondary N) is 1. The SMILES string of the molecule is C[C@H](Nc1ccc(Oc2ccccc2C#N)cc1)C(=O)N1CCCC1. The molecule has 0 aliphatic carbocycles. The molecule has 1 saturated heterocycles. The zero-order chi connectivity index (χ0) is 17.6. The first-order valence-corrected chi connectivity index (χ1v) is 8.50. The van der Waals surface area contributed by atoms with Crippen LogP contribution in [0.4, 0.5) is 5.69 Å². The molecule has 5 nitrogen and oxygen atoms in total. The Labute approximate surface area is 147 Å². The van der Waals surface area contributed by atoms with E-state index in [1.807, 2.05) is 42.2 Å². The maximum atomic E-state index is 12.3. The van der Waals surface area contributed by atoms with Gasteiger partial charge in [0.25, 0.3) is 0 Å². The molecule has 0 unspecified atom stereocenters. The molecule has 25 heavy (non-hydrogen) atoms. The molecular weight excluding hydrogens is 314 g/mol. The maximum absolute atomic E-state index is 12.3. The summed E-state index contributed by atoms with van der Waals surface area (Å²) in [6.45, 7) is 3.60. The summed E-state index contributed by atoms with van der Waals surface area (Å²) in [6.07, 6.45) is 2.18. The third-order valence-corrected chi connectivity index (χ3v) is 4.26. The van der Waals surface area contributed by atoms with E-state index in [4.69, 9.17) is 10.00 Å². The van der Waals surface area contributed by atoms with E-state index in [0.717, 1.165) is 31.6 Å². The summed E-state index contributed by atoms with van der Waals surface area (Å²) in [7, 11) is 0. The second kappa shape index (κ2) is 7.71. The van der Waals surface area contributed by atoms with Gasteiger partial charge in [0.1, 0.15) is 23.6 Å². The number of nitrogens with zero attached hydrogens (tertiary/aromatic N) is 2. The molecule has 1 aliphatic heterocycles. The lowest BCUT2D eigenvalue weighted by Crippen LogP contribution is -2.39. The highest BCUT2D eigenvalue weighted by Gasteiger charge is 2.22. The number of para-hydroxylation sites is 1. The van der Waals surface area contributed by atoms with Crippen LogP contribution in [0.2, 0.25) is 0 Å². The van der Waals surface area contributed by atoms with Gasteiger partial charge in [0.15, 0.2) is 0 Å². The van der Waals surface area contributed by atoms with Crippen LogP contribution < -0.4 is 10.1 Å². The first-order chi connectivity index (χ1) is 12.2. The Morgan fingerprint density at radius 3 is 2.52 bits per heavy atom. The Kier molecular flexibility index (Phi) is 5.20. The Morgan fingerprint density at radius 1 is 1.16 bits per heavy atom. The van der Waals surface area contributed by atoms with Crippen LogP contribution in [0.15, 0.2) is 48.5 Å². The summed E-state index contributed by atoms with van der Waals surface area (Å²) in [5.41, 5.74) is 1.36. The number of likely N-dealkylation sites (tertiary alicyclic amines) is 1. The van der Waals surface area contributed by atoms with Crippen molar-refractivity contribution in [2.24, 2.45) is 0 Å². The minimum Gasteiger partial charge on any atom is -0.456 e. The van der Waals surface area contributed by atoms with E-state index < -0.39 is 0 Å². The quantitative estimate of drug-likeness (QED) is 0.903. The van der Waals surface area contributed by atoms with Gasteiger partial charge in [-0.1, -0.05) is 12.1 Å². The maximum Gasteiger partial charge on any atom is 0.244 e. The largest absolute Gasteiger partial charge is 0.456 e. The van der Waals surface area contributed by atoms with Crippen LogP contribution in [0.3, 0.4) is 0 Å². The standard InChI is InChI=1S/C20H21N3O2/c1-15(20(24)23-12-4-5-13-23)22-17-8-10-18(11-9-17)25-19-7-3-2-6-16(19)14-21/h2-3,6-11,15,22H,4-5,12-13H2,1H3/t15-/m0/s1. The smallest absolute Gasteiger partial charge is 0.244 e. The lowest BCUT2D eigenvalue weighted by atomic mass is 10.2. The van der Waals surface area contributed by atoms with E-state index in [9.17, 15) is 4.79 Å². The van der Waals surface area contributed by atoms with Gasteiger partial charge in [0.05, 0.1) is 5.56 Å². The molecule has 1 fully saturated rings. The second-order valence-electron chi connectivity index (χ2n) is 6.13. The lowest BCUT2D eigenvalue weighted by molar-refractivity contribution is -0.130. The number of amides is 1. The predicted molar refractivity (Wildman–Crippen MR) is 96.6 cm³/mol. The average Bonchev–Trinajstić information content (AvgIpc) is 3.18. The molecule has 1 heterocycles. The van der Waals surface area contributed by atoms with Crippen LogP contribution in [0, 0.1) is 11.3 Å². The topological polar surface area (TPSA) is 65.4 Å². The zero-order valence-electron chi connectivity index (χ0n) is 14.2. The predicted octanol–water partition coefficient (Wildman–Crippen LogP) is 3.77. The van der Waals surface area contributed by atoms with E-state index in [0.29, 0.717) is 17.1 Å². The number of nitriles is 1. The number of rotatable bonds is 5. The number of benzene rings is 2. The molecule has 2 aromatic rings. The van der Waals surface area contributed by atoms with Crippen molar-refractivity contribution in [3.8, 4) is 17.6 Å². The molecule has 2 aromatic carbocycles. The molecular formula is C20H21N3O2. The highest BCUT2D eigenvalue weighted by molar-refractivity contribution is 5.84. The number of carbonyl (C=O) groups excluding carboxylic acids is 1. The van der Waals surface area contributed by atoms with Gasteiger partial charge < -0.3 is 15.0 Å². The molecule has 1 amide bonds. The summed E-state index contributed by atoms with van der Waals surface area (Å²) < 4.78 is 5.76. The molecule has 5 heteroatoms. The fourth-order valence-corrected chi connectivity index (χ4v) is 2.92. The van der Waals surface area contributed by atoms with Gasteiger partial charge in [-0.25, -0.2) is 0 Å². The van der Waals surface area contributed by atoms with Crippen molar-refractivity contribution < 1.29 is 9.53 Å². The molecule has 3 rings (SSSR count). The monoisotopic (exact) mass is 335 g/mol. The molecule has 1 N–H and O–H groups in total. The Bertz CT molecular complexity index is 774. The third-order valence-electron chi connectivity index (χ3n) is 4.26. The molecule has 128 valence electrons. The van der Waals surface area contributed by atoms with Crippen molar-refractivity contribution in [2.45, 2.75) is 25.8 Å². The van der Waals surface area contributed by atoms with E-state index in [2.05, 4.69) is 11.4 Å². The minimum atomic E-state index is -0.260. The Balaban J connectivity index is 1.62. The number of ether oxygens (including phenoxy) is 1. The first-order valence-electron chi connectivity index (χ1n) is 8.50. The van der Waals surface area contributed by atoms with Gasteiger partial charge in [0.2, 0.25) is 5.91 Å². The Morgan fingerprint density at radius 2 is 1.84 bits per heavy atom. The average molecular weight is 335 g/mol. The Hall–Kier alpha value is -3.00. The third kappa shape index (κ3) is 4.10. The molecule has 0 radical (unpaired) electrons. The van der Waals surface area contributed by atoms with Crippen LogP contribution in [0.25, 0.3) is 0 Å². The number of anilines is 1. The molecule has 0 saturated carbocycles. The van der Waals surface area contributed by atoms with Crippen LogP contribution in [0.5, 0.6) is 11.5 Å². The zero-order valence-corrected chi connectivity index (χ0v) is 14.2. The highest BCUT2D eigenvalue weighted by Crippen LogP contribution is 2.26. The van der Waals surface area contributed by atoms with E-state index in [-0.39, 0.29) is 11.9 Å². The van der Waals surface area contributed by atoms with Crippen molar-refractivity contribution in [2.75, 3.05) is 18.4 Å². The van der Waals surface area contributed by atoms with Gasteiger partial charge in [-0.2, -0.15) is 5.26 Å². The van der Waals surface area contributed by atoms with E-state index >= 15 is 0 Å². The van der Waals surface area contributed by atoms with Crippen molar-refractivity contribution >= 4 is 11.6 Å². The molecule has 1 aliphatic rings. The van der Waals surface area contributed by atoms with E-state index in [1.54, 1.807) is 18.2 Å². The molecule has 0 bridgehead atoms. The summed E-state index contributed by atoms with van der Waals surface area (Å²) in [5, 5.41) is 12.3. The van der Waals surface area contributed by atoms with Crippen molar-refractivity contribution in [1.82, 2.24) is 4.90 Å². The van der Waals surface area contributed by atoms with E-state index in [1.165, 1.54) is 0 Å². The minimum absolute atomic E-state index is 0.140. The summed E-state index contributed by atoms with van der Waals surface area (Å²) in [6, 6.07) is 16.4. The van der Waals surface area contributed by atoms with Gasteiger partial charge in [-0.15, -0.1) is 0 Å². The number of hydrogen-bond donors (Lipinski definition) is 1. The number of hydrogen-bond acceptors (Lipinski definition) is 4. The molecule has 0 aromatic heterocycles. The fraction of sp³-hybridized carbons (Fsp3) is 0.300. The van der Waals surface area contributed by atoms with Crippen LogP contribution in [-0.2, 0) is 4.79 Å². The number of carbonyl (C=O) groups is 1. The van der Waals surface area contributed by atoms with Crippen molar-refractivity contribution in [3.63, 3.8) is 0 Å². The summed E-state index contributed by atoms with van der Waals surface area (Å²) >= 11 is 0. The van der Waals surface area contributed by atoms with Crippen LogP contribution in [-0.4, -0.2) is 29.9 Å². The van der Waals surface area contributed by atoms with Gasteiger partial charge >= 0.3 is 0 Å². The van der Waals surface area contributed by atoms with Crippen LogP contribution in [0.1, 0.15) is 25.3 Å². The van der Waals surface area contributed by atoms with Crippen molar-refractivity contribution in [3.05, 3.63) is 54.1 Å². The van der Waals surface area contributed by atoms with Gasteiger partial charge in [0, 0.05) is 18.8 Å². The van der Waals surface area contributed by atoms with Gasteiger partial charge in [-0.3, -0.25) is 4.79 Å². The second-order valence-corrected chi connectivity index (χ2v) is 6.13. The normalized spacial score (nSPS) is 14.6. The first kappa shape index (κ1) is 16.8. The molecule has 1 atom stereocenters.